The fourth-order valence-corrected chi connectivity index (χ4v) is 5.73. The maximum Gasteiger partial charge on any atom is 0.256 e. The number of carbonyl (C=O) groups is 2. The molecule has 2 aliphatic rings. The Balaban J connectivity index is 1.11. The van der Waals surface area contributed by atoms with Crippen molar-refractivity contribution >= 4 is 17.5 Å². The molecular weight excluding hydrogens is 515 g/mol. The van der Waals surface area contributed by atoms with Crippen molar-refractivity contribution in [1.82, 2.24) is 15.1 Å². The molecule has 1 unspecified atom stereocenters. The summed E-state index contributed by atoms with van der Waals surface area (Å²) in [5, 5.41) is 6.70. The number of likely N-dealkylation sites (tertiary alicyclic amines) is 1. The van der Waals surface area contributed by atoms with Crippen molar-refractivity contribution in [2.24, 2.45) is 0 Å². The van der Waals surface area contributed by atoms with E-state index in [0.29, 0.717) is 17.7 Å². The molecule has 1 saturated heterocycles. The number of hydrogen-bond donors (Lipinski definition) is 2. The normalized spacial score (nSPS) is 17.3. The van der Waals surface area contributed by atoms with Gasteiger partial charge in [0.05, 0.1) is 0 Å². The molecule has 2 aliphatic heterocycles. The molecule has 4 aromatic carbocycles. The van der Waals surface area contributed by atoms with Crippen LogP contribution in [0.3, 0.4) is 0 Å². The van der Waals surface area contributed by atoms with E-state index in [1.807, 2.05) is 54.6 Å². The molecule has 208 valence electrons. The molecule has 6 nitrogen and oxygen atoms in total. The Hall–Kier alpha value is -4.49. The Labute approximate surface area is 239 Å². The molecule has 7 heteroatoms. The van der Waals surface area contributed by atoms with Gasteiger partial charge in [0, 0.05) is 54.6 Å². The molecule has 1 atom stereocenters. The largest absolute Gasteiger partial charge is 0.361 e. The van der Waals surface area contributed by atoms with E-state index in [2.05, 4.69) is 39.8 Å². The Morgan fingerprint density at radius 3 is 2.29 bits per heavy atom. The molecular formula is C34H33FN4O2. The quantitative estimate of drug-likeness (QED) is 0.284. The Morgan fingerprint density at radius 1 is 0.805 bits per heavy atom. The third-order valence-corrected chi connectivity index (χ3v) is 7.92. The highest BCUT2D eigenvalue weighted by Crippen LogP contribution is 2.35. The van der Waals surface area contributed by atoms with E-state index in [-0.39, 0.29) is 23.7 Å². The van der Waals surface area contributed by atoms with Crippen LogP contribution in [0.15, 0.2) is 103 Å². The van der Waals surface area contributed by atoms with E-state index < -0.39 is 6.17 Å². The van der Waals surface area contributed by atoms with E-state index in [0.717, 1.165) is 49.3 Å². The number of amides is 2. The first-order chi connectivity index (χ1) is 20.0. The van der Waals surface area contributed by atoms with Crippen molar-refractivity contribution in [3.63, 3.8) is 0 Å². The van der Waals surface area contributed by atoms with Crippen molar-refractivity contribution in [2.45, 2.75) is 38.1 Å². The van der Waals surface area contributed by atoms with Crippen molar-refractivity contribution in [3.05, 3.63) is 137 Å². The molecule has 0 aromatic heterocycles. The molecule has 6 rings (SSSR count). The highest BCUT2D eigenvalue weighted by atomic mass is 19.1. The Kier molecular flexibility index (Phi) is 7.78. The minimum atomic E-state index is -0.420. The average molecular weight is 549 g/mol. The number of nitrogens with zero attached hydrogens (tertiary/aromatic N) is 2. The van der Waals surface area contributed by atoms with Crippen molar-refractivity contribution in [3.8, 4) is 0 Å². The highest BCUT2D eigenvalue weighted by molar-refractivity contribution is 5.99. The summed E-state index contributed by atoms with van der Waals surface area (Å²) in [5.74, 6) is -0.497. The van der Waals surface area contributed by atoms with Crippen LogP contribution >= 0.6 is 0 Å². The number of anilines is 1. The van der Waals surface area contributed by atoms with Gasteiger partial charge in [0.2, 0.25) is 0 Å². The third-order valence-electron chi connectivity index (χ3n) is 7.92. The zero-order valence-corrected chi connectivity index (χ0v) is 22.8. The molecule has 0 bridgehead atoms. The monoisotopic (exact) mass is 548 g/mol. The van der Waals surface area contributed by atoms with E-state index in [4.69, 9.17) is 0 Å². The molecule has 4 aromatic rings. The summed E-state index contributed by atoms with van der Waals surface area (Å²) in [6, 6.07) is 31.7. The zero-order chi connectivity index (χ0) is 28.2. The van der Waals surface area contributed by atoms with E-state index >= 15 is 0 Å². The maximum absolute atomic E-state index is 13.5. The summed E-state index contributed by atoms with van der Waals surface area (Å²) >= 11 is 0. The first-order valence-corrected chi connectivity index (χ1v) is 14.1. The fourth-order valence-electron chi connectivity index (χ4n) is 5.73. The van der Waals surface area contributed by atoms with Gasteiger partial charge >= 0.3 is 0 Å². The predicted molar refractivity (Wildman–Crippen MR) is 158 cm³/mol. The summed E-state index contributed by atoms with van der Waals surface area (Å²) < 4.78 is 13.5. The number of rotatable bonds is 8. The first-order valence-electron chi connectivity index (χ1n) is 14.1. The highest BCUT2D eigenvalue weighted by Gasteiger charge is 2.36. The van der Waals surface area contributed by atoms with E-state index in [9.17, 15) is 14.0 Å². The average Bonchev–Trinajstić information content (AvgIpc) is 3.26. The van der Waals surface area contributed by atoms with Gasteiger partial charge in [0.15, 0.2) is 0 Å². The predicted octanol–water partition coefficient (Wildman–Crippen LogP) is 5.99. The lowest BCUT2D eigenvalue weighted by molar-refractivity contribution is 0.0728. The summed E-state index contributed by atoms with van der Waals surface area (Å²) in [5.41, 5.74) is 4.97. The molecule has 2 amide bonds. The lowest BCUT2D eigenvalue weighted by Gasteiger charge is -2.32. The van der Waals surface area contributed by atoms with Gasteiger partial charge in [0.25, 0.3) is 11.8 Å². The minimum absolute atomic E-state index is 0.0880. The summed E-state index contributed by atoms with van der Waals surface area (Å²) in [4.78, 5) is 30.7. The molecule has 0 saturated carbocycles. The summed E-state index contributed by atoms with van der Waals surface area (Å²) in [6.07, 6.45) is 1.40. The van der Waals surface area contributed by atoms with Gasteiger partial charge in [-0.05, 0) is 60.4 Å². The molecule has 0 radical (unpaired) electrons. The molecule has 1 fully saturated rings. The zero-order valence-electron chi connectivity index (χ0n) is 22.8. The van der Waals surface area contributed by atoms with Crippen molar-refractivity contribution < 1.29 is 14.0 Å². The van der Waals surface area contributed by atoms with Crippen LogP contribution in [0, 0.1) is 5.82 Å². The van der Waals surface area contributed by atoms with Gasteiger partial charge in [-0.2, -0.15) is 0 Å². The van der Waals surface area contributed by atoms with Gasteiger partial charge in [-0.1, -0.05) is 66.7 Å². The Morgan fingerprint density at radius 2 is 1.51 bits per heavy atom. The molecule has 0 aliphatic carbocycles. The maximum atomic E-state index is 13.5. The lowest BCUT2D eigenvalue weighted by atomic mass is 10.0. The van der Waals surface area contributed by atoms with Gasteiger partial charge in [-0.15, -0.1) is 0 Å². The number of hydrogen-bond acceptors (Lipinski definition) is 4. The van der Waals surface area contributed by atoms with Crippen LogP contribution in [0.25, 0.3) is 0 Å². The number of piperidine rings is 1. The molecule has 41 heavy (non-hydrogen) atoms. The van der Waals surface area contributed by atoms with Crippen LogP contribution in [0.1, 0.15) is 56.4 Å². The van der Waals surface area contributed by atoms with Crippen molar-refractivity contribution in [1.29, 1.82) is 0 Å². The van der Waals surface area contributed by atoms with Gasteiger partial charge < -0.3 is 15.5 Å². The van der Waals surface area contributed by atoms with Crippen molar-refractivity contribution in [2.75, 3.05) is 18.4 Å². The number of carbonyl (C=O) groups excluding carboxylic acids is 2. The van der Waals surface area contributed by atoms with Crippen LogP contribution in [0.4, 0.5) is 10.1 Å². The molecule has 2 heterocycles. The Bertz CT molecular complexity index is 1520. The first kappa shape index (κ1) is 26.7. The van der Waals surface area contributed by atoms with Gasteiger partial charge in [-0.3, -0.25) is 14.5 Å². The molecule has 2 N–H and O–H groups in total. The summed E-state index contributed by atoms with van der Waals surface area (Å²) in [6.45, 7) is 3.15. The standard InChI is InChI=1S/C34H33FN4O2/c35-27-15-13-25(14-16-27)23-39-32(30-11-4-5-12-31(30)34(39)41)36-29-10-6-9-26(21-29)33(40)37-28-17-19-38(20-18-28)22-24-7-2-1-3-8-24/h1-16,21,28,32,36H,17-20,22-23H2,(H,37,40). The smallest absolute Gasteiger partial charge is 0.256 e. The molecule has 0 spiro atoms. The second kappa shape index (κ2) is 11.9. The SMILES string of the molecule is O=C(NC1CCN(Cc2ccccc2)CC1)c1cccc(NC2c3ccccc3C(=O)N2Cc2ccc(F)cc2)c1. The van der Waals surface area contributed by atoms with Crippen LogP contribution in [-0.2, 0) is 13.1 Å². The topological polar surface area (TPSA) is 64.7 Å². The van der Waals surface area contributed by atoms with Crippen LogP contribution in [0.5, 0.6) is 0 Å². The third kappa shape index (κ3) is 6.15. The second-order valence-electron chi connectivity index (χ2n) is 10.8. The lowest BCUT2D eigenvalue weighted by Crippen LogP contribution is -2.44. The van der Waals surface area contributed by atoms with Crippen LogP contribution < -0.4 is 10.6 Å². The second-order valence-corrected chi connectivity index (χ2v) is 10.8. The number of fused-ring (bicyclic) bond motifs is 1. The summed E-state index contributed by atoms with van der Waals surface area (Å²) in [7, 11) is 0. The van der Waals surface area contributed by atoms with Gasteiger partial charge in [0.1, 0.15) is 12.0 Å². The number of halogens is 1. The fraction of sp³-hybridized carbons (Fsp3) is 0.235. The van der Waals surface area contributed by atoms with Crippen LogP contribution in [0.2, 0.25) is 0 Å². The minimum Gasteiger partial charge on any atom is -0.361 e. The van der Waals surface area contributed by atoms with Crippen LogP contribution in [-0.4, -0.2) is 40.7 Å². The van der Waals surface area contributed by atoms with E-state index in [1.54, 1.807) is 17.0 Å². The van der Waals surface area contributed by atoms with Gasteiger partial charge in [-0.25, -0.2) is 4.39 Å². The number of benzene rings is 4. The number of nitrogens with one attached hydrogen (secondary N) is 2. The van der Waals surface area contributed by atoms with E-state index in [1.165, 1.54) is 17.7 Å².